The molecule has 2 unspecified atom stereocenters. The highest BCUT2D eigenvalue weighted by atomic mass is 35.5. The third kappa shape index (κ3) is 6.21. The van der Waals surface area contributed by atoms with Crippen LogP contribution in [-0.2, 0) is 17.6 Å². The third-order valence-corrected chi connectivity index (χ3v) is 8.19. The second-order valence-electron chi connectivity index (χ2n) is 11.1. The summed E-state index contributed by atoms with van der Waals surface area (Å²) in [5.74, 6) is 2.02. The highest BCUT2D eigenvalue weighted by Gasteiger charge is 2.30. The molecule has 202 valence electrons. The molecule has 2 heterocycles. The van der Waals surface area contributed by atoms with Crippen LogP contribution >= 0.6 is 11.6 Å². The van der Waals surface area contributed by atoms with Gasteiger partial charge in [-0.3, -0.25) is 4.79 Å². The van der Waals surface area contributed by atoms with Crippen molar-refractivity contribution in [2.24, 2.45) is 11.8 Å². The van der Waals surface area contributed by atoms with E-state index < -0.39 is 0 Å². The number of piperidine rings is 1. The summed E-state index contributed by atoms with van der Waals surface area (Å²) in [5, 5.41) is 7.97. The van der Waals surface area contributed by atoms with E-state index in [0.717, 1.165) is 24.8 Å². The fraction of sp³-hybridized carbons (Fsp3) is 0.500. The minimum absolute atomic E-state index is 0.00231. The number of carbonyl (C=O) groups is 1. The van der Waals surface area contributed by atoms with Gasteiger partial charge in [-0.2, -0.15) is 4.68 Å². The van der Waals surface area contributed by atoms with Crippen LogP contribution in [0.5, 0.6) is 0 Å². The van der Waals surface area contributed by atoms with E-state index in [0.29, 0.717) is 22.2 Å². The van der Waals surface area contributed by atoms with E-state index in [1.165, 1.54) is 60.0 Å². The molecule has 1 aromatic heterocycles. The smallest absolute Gasteiger partial charge is 0.354 e. The Labute approximate surface area is 229 Å². The van der Waals surface area contributed by atoms with Crippen LogP contribution < -0.4 is 11.0 Å². The summed E-state index contributed by atoms with van der Waals surface area (Å²) in [6, 6.07) is 15.1. The number of carbonyl (C=O) groups excluding carboxylic acids is 1. The van der Waals surface area contributed by atoms with Crippen molar-refractivity contribution >= 4 is 17.5 Å². The van der Waals surface area contributed by atoms with Crippen LogP contribution in [0.3, 0.4) is 0 Å². The van der Waals surface area contributed by atoms with E-state index in [4.69, 9.17) is 11.6 Å². The number of benzene rings is 2. The van der Waals surface area contributed by atoms with Crippen molar-refractivity contribution in [3.63, 3.8) is 0 Å². The first kappa shape index (κ1) is 26.7. The molecule has 1 aliphatic heterocycles. The molecule has 7 nitrogen and oxygen atoms in total. The molecule has 5 rings (SSSR count). The van der Waals surface area contributed by atoms with Gasteiger partial charge in [0.2, 0.25) is 5.91 Å². The summed E-state index contributed by atoms with van der Waals surface area (Å²) >= 11 is 6.21. The van der Waals surface area contributed by atoms with Crippen LogP contribution in [0.4, 0.5) is 0 Å². The number of halogens is 1. The number of rotatable bonds is 8. The standard InChI is InChI=1S/C30H38ClN5O2/c1-21(2)32-29(37)19-28-33-36(30(38)35(28)27-9-5-8-25(31)18-27)26-12-10-22(11-13-26)14-16-34-17-15-23-6-3-4-7-24(23)20-34/h5,8-13,18,21,23-24H,3-4,6-7,14-17,19-20H2,1-2H3,(H,32,37). The molecule has 38 heavy (non-hydrogen) atoms. The number of fused-ring (bicyclic) bond motifs is 1. The summed E-state index contributed by atoms with van der Waals surface area (Å²) in [4.78, 5) is 28.7. The maximum absolute atomic E-state index is 13.5. The number of nitrogens with zero attached hydrogens (tertiary/aromatic N) is 4. The lowest BCUT2D eigenvalue weighted by Gasteiger charge is -2.41. The maximum atomic E-state index is 13.5. The van der Waals surface area contributed by atoms with Crippen LogP contribution in [0.1, 0.15) is 57.3 Å². The van der Waals surface area contributed by atoms with E-state index >= 15 is 0 Å². The predicted molar refractivity (Wildman–Crippen MR) is 151 cm³/mol. The van der Waals surface area contributed by atoms with E-state index in [-0.39, 0.29) is 24.1 Å². The Balaban J connectivity index is 1.32. The molecule has 2 aromatic carbocycles. The third-order valence-electron chi connectivity index (χ3n) is 7.95. The minimum atomic E-state index is -0.331. The van der Waals surface area contributed by atoms with Crippen LogP contribution in [0, 0.1) is 11.8 Å². The van der Waals surface area contributed by atoms with Crippen molar-refractivity contribution in [1.29, 1.82) is 0 Å². The zero-order valence-corrected chi connectivity index (χ0v) is 23.2. The quantitative estimate of drug-likeness (QED) is 0.450. The Kier molecular flexibility index (Phi) is 8.34. The first-order chi connectivity index (χ1) is 18.4. The van der Waals surface area contributed by atoms with Crippen LogP contribution in [-0.4, -0.2) is 50.8 Å². The normalized spacial score (nSPS) is 19.9. The van der Waals surface area contributed by atoms with Gasteiger partial charge in [0.25, 0.3) is 0 Å². The van der Waals surface area contributed by atoms with E-state index in [1.54, 1.807) is 24.3 Å². The van der Waals surface area contributed by atoms with Gasteiger partial charge in [-0.1, -0.05) is 49.1 Å². The SMILES string of the molecule is CC(C)NC(=O)Cc1nn(-c2ccc(CCN3CCC4CCCCC4C3)cc2)c(=O)n1-c1cccc(Cl)c1. The Morgan fingerprint density at radius 2 is 1.82 bits per heavy atom. The second-order valence-corrected chi connectivity index (χ2v) is 11.6. The molecule has 0 radical (unpaired) electrons. The number of nitrogens with one attached hydrogen (secondary N) is 1. The van der Waals surface area contributed by atoms with E-state index in [9.17, 15) is 9.59 Å². The average Bonchev–Trinajstić information content (AvgIpc) is 3.22. The topological polar surface area (TPSA) is 72.2 Å². The number of hydrogen-bond acceptors (Lipinski definition) is 4. The zero-order chi connectivity index (χ0) is 26.6. The minimum Gasteiger partial charge on any atom is -0.354 e. The molecule has 3 aromatic rings. The highest BCUT2D eigenvalue weighted by molar-refractivity contribution is 6.30. The lowest BCUT2D eigenvalue weighted by atomic mass is 9.75. The highest BCUT2D eigenvalue weighted by Crippen LogP contribution is 2.36. The van der Waals surface area contributed by atoms with Crippen LogP contribution in [0.25, 0.3) is 11.4 Å². The molecular weight excluding hydrogens is 498 g/mol. The van der Waals surface area contributed by atoms with Gasteiger partial charge in [0, 0.05) is 24.2 Å². The molecule has 8 heteroatoms. The fourth-order valence-corrected chi connectivity index (χ4v) is 6.24. The first-order valence-electron chi connectivity index (χ1n) is 14.0. The maximum Gasteiger partial charge on any atom is 0.355 e. The zero-order valence-electron chi connectivity index (χ0n) is 22.4. The van der Waals surface area contributed by atoms with Crippen LogP contribution in [0.15, 0.2) is 53.3 Å². The molecule has 0 spiro atoms. The van der Waals surface area contributed by atoms with Crippen molar-refractivity contribution in [2.75, 3.05) is 19.6 Å². The van der Waals surface area contributed by atoms with Crippen LogP contribution in [0.2, 0.25) is 5.02 Å². The summed E-state index contributed by atoms with van der Waals surface area (Å²) in [6.45, 7) is 7.33. The summed E-state index contributed by atoms with van der Waals surface area (Å²) in [6.07, 6.45) is 7.96. The molecule has 2 fully saturated rings. The Morgan fingerprint density at radius 1 is 1.05 bits per heavy atom. The van der Waals surface area contributed by atoms with Gasteiger partial charge in [0.1, 0.15) is 5.82 Å². The van der Waals surface area contributed by atoms with Gasteiger partial charge < -0.3 is 10.2 Å². The molecule has 1 amide bonds. The fourth-order valence-electron chi connectivity index (χ4n) is 6.05. The molecule has 1 saturated carbocycles. The van der Waals surface area contributed by atoms with Gasteiger partial charge in [0.05, 0.1) is 17.8 Å². The Morgan fingerprint density at radius 3 is 2.55 bits per heavy atom. The largest absolute Gasteiger partial charge is 0.355 e. The van der Waals surface area contributed by atoms with Crippen molar-refractivity contribution in [1.82, 2.24) is 24.6 Å². The molecule has 1 N–H and O–H groups in total. The Hall–Kier alpha value is -2.90. The Bertz CT molecular complexity index is 1310. The number of hydrogen-bond donors (Lipinski definition) is 1. The lowest BCUT2D eigenvalue weighted by Crippen LogP contribution is -2.42. The van der Waals surface area contributed by atoms with Gasteiger partial charge in [0.15, 0.2) is 0 Å². The molecule has 1 aliphatic carbocycles. The number of amides is 1. The van der Waals surface area contributed by atoms with Gasteiger partial charge in [-0.15, -0.1) is 5.10 Å². The molecule has 2 atom stereocenters. The van der Waals surface area contributed by atoms with E-state index in [1.807, 2.05) is 26.0 Å². The average molecular weight is 536 g/mol. The van der Waals surface area contributed by atoms with Crippen molar-refractivity contribution < 1.29 is 4.79 Å². The first-order valence-corrected chi connectivity index (χ1v) is 14.3. The van der Waals surface area contributed by atoms with Crippen molar-refractivity contribution in [3.05, 3.63) is 75.4 Å². The second kappa shape index (κ2) is 11.9. The van der Waals surface area contributed by atoms with Crippen molar-refractivity contribution in [2.45, 2.75) is 64.8 Å². The van der Waals surface area contributed by atoms with E-state index in [2.05, 4.69) is 27.4 Å². The van der Waals surface area contributed by atoms with Crippen molar-refractivity contribution in [3.8, 4) is 11.4 Å². The predicted octanol–water partition coefficient (Wildman–Crippen LogP) is 4.80. The monoisotopic (exact) mass is 535 g/mol. The molecule has 1 saturated heterocycles. The summed E-state index contributed by atoms with van der Waals surface area (Å²) in [5.41, 5.74) is 2.17. The number of likely N-dealkylation sites (tertiary alicyclic amines) is 1. The van der Waals surface area contributed by atoms with Gasteiger partial charge in [-0.05, 0) is 87.4 Å². The van der Waals surface area contributed by atoms with Gasteiger partial charge in [-0.25, -0.2) is 9.36 Å². The molecule has 2 aliphatic rings. The number of aromatic nitrogens is 3. The summed E-state index contributed by atoms with van der Waals surface area (Å²) < 4.78 is 2.84. The van der Waals surface area contributed by atoms with Gasteiger partial charge >= 0.3 is 5.69 Å². The molecular formula is C30H38ClN5O2. The summed E-state index contributed by atoms with van der Waals surface area (Å²) in [7, 11) is 0. The lowest BCUT2D eigenvalue weighted by molar-refractivity contribution is -0.121. The molecule has 0 bridgehead atoms.